The normalized spacial score (nSPS) is 17.7. The summed E-state index contributed by atoms with van der Waals surface area (Å²) in [6, 6.07) is 8.51. The van der Waals surface area contributed by atoms with Crippen LogP contribution in [0.25, 0.3) is 10.9 Å². The quantitative estimate of drug-likeness (QED) is 0.943. The molecule has 22 heavy (non-hydrogen) atoms. The van der Waals surface area contributed by atoms with Crippen molar-refractivity contribution in [3.63, 3.8) is 0 Å². The summed E-state index contributed by atoms with van der Waals surface area (Å²) in [5.41, 5.74) is 3.26. The molecule has 5 nitrogen and oxygen atoms in total. The highest BCUT2D eigenvalue weighted by Crippen LogP contribution is 2.25. The van der Waals surface area contributed by atoms with Crippen LogP contribution in [0.3, 0.4) is 0 Å². The van der Waals surface area contributed by atoms with E-state index in [-0.39, 0.29) is 0 Å². The number of aryl methyl sites for hydroxylation is 1. The molecule has 0 aliphatic carbocycles. The van der Waals surface area contributed by atoms with E-state index in [1.807, 2.05) is 18.3 Å². The number of nitrogens with one attached hydrogen (secondary N) is 1. The number of aromatic nitrogens is 1. The van der Waals surface area contributed by atoms with Crippen LogP contribution in [0.4, 0.5) is 5.69 Å². The first-order valence-corrected chi connectivity index (χ1v) is 9.35. The SMILES string of the molecule is Cc1ccc2nccc(NC3CCN(S(C)(=O)=O)CC3)c2c1. The van der Waals surface area contributed by atoms with E-state index < -0.39 is 10.0 Å². The molecule has 2 aromatic rings. The number of hydrogen-bond acceptors (Lipinski definition) is 4. The van der Waals surface area contributed by atoms with Gasteiger partial charge in [-0.25, -0.2) is 12.7 Å². The Morgan fingerprint density at radius 2 is 1.95 bits per heavy atom. The molecule has 0 amide bonds. The summed E-state index contributed by atoms with van der Waals surface area (Å²) in [5.74, 6) is 0. The van der Waals surface area contributed by atoms with Crippen molar-refractivity contribution < 1.29 is 8.42 Å². The van der Waals surface area contributed by atoms with Crippen LogP contribution >= 0.6 is 0 Å². The number of anilines is 1. The van der Waals surface area contributed by atoms with Gasteiger partial charge < -0.3 is 5.32 Å². The van der Waals surface area contributed by atoms with E-state index in [4.69, 9.17) is 0 Å². The molecule has 6 heteroatoms. The van der Waals surface area contributed by atoms with E-state index in [9.17, 15) is 8.42 Å². The molecule has 1 fully saturated rings. The molecule has 1 aromatic heterocycles. The van der Waals surface area contributed by atoms with E-state index in [1.54, 1.807) is 4.31 Å². The minimum absolute atomic E-state index is 0.295. The molecule has 0 bridgehead atoms. The third kappa shape index (κ3) is 3.23. The standard InChI is InChI=1S/C16H21N3O2S/c1-12-3-4-15-14(11-12)16(5-8-17-15)18-13-6-9-19(10-7-13)22(2,20)21/h3-5,8,11,13H,6-7,9-10H2,1-2H3,(H,17,18). The third-order valence-electron chi connectivity index (χ3n) is 4.18. The van der Waals surface area contributed by atoms with Gasteiger partial charge in [0.1, 0.15) is 0 Å². The van der Waals surface area contributed by atoms with Crippen LogP contribution in [-0.4, -0.2) is 43.1 Å². The predicted octanol–water partition coefficient (Wildman–Crippen LogP) is 2.38. The second-order valence-corrected chi connectivity index (χ2v) is 7.94. The van der Waals surface area contributed by atoms with Crippen LogP contribution < -0.4 is 5.32 Å². The largest absolute Gasteiger partial charge is 0.382 e. The summed E-state index contributed by atoms with van der Waals surface area (Å²) in [7, 11) is -3.07. The number of fused-ring (bicyclic) bond motifs is 1. The van der Waals surface area contributed by atoms with Crippen molar-refractivity contribution in [3.8, 4) is 0 Å². The Kier molecular flexibility index (Phi) is 4.06. The van der Waals surface area contributed by atoms with E-state index in [0.717, 1.165) is 29.4 Å². The highest BCUT2D eigenvalue weighted by molar-refractivity contribution is 7.88. The fourth-order valence-electron chi connectivity index (χ4n) is 2.94. The molecule has 1 aliphatic heterocycles. The summed E-state index contributed by atoms with van der Waals surface area (Å²) in [6.07, 6.45) is 4.73. The molecule has 3 rings (SSSR count). The van der Waals surface area contributed by atoms with Gasteiger partial charge in [0.15, 0.2) is 0 Å². The van der Waals surface area contributed by atoms with Crippen molar-refractivity contribution in [1.29, 1.82) is 0 Å². The maximum Gasteiger partial charge on any atom is 0.211 e. The lowest BCUT2D eigenvalue weighted by Crippen LogP contribution is -2.41. The summed E-state index contributed by atoms with van der Waals surface area (Å²) < 4.78 is 24.7. The molecule has 0 radical (unpaired) electrons. The molecule has 118 valence electrons. The molecule has 0 saturated carbocycles. The van der Waals surface area contributed by atoms with Crippen molar-refractivity contribution in [2.24, 2.45) is 0 Å². The lowest BCUT2D eigenvalue weighted by atomic mass is 10.0. The number of rotatable bonds is 3. The van der Waals surface area contributed by atoms with Crippen LogP contribution in [0.2, 0.25) is 0 Å². The summed E-state index contributed by atoms with van der Waals surface area (Å²) in [4.78, 5) is 4.39. The fraction of sp³-hybridized carbons (Fsp3) is 0.438. The first kappa shape index (κ1) is 15.2. The second kappa shape index (κ2) is 5.85. The van der Waals surface area contributed by atoms with E-state index in [1.165, 1.54) is 11.8 Å². The maximum atomic E-state index is 11.6. The van der Waals surface area contributed by atoms with Crippen molar-refractivity contribution >= 4 is 26.6 Å². The number of nitrogens with zero attached hydrogens (tertiary/aromatic N) is 2. The molecule has 0 unspecified atom stereocenters. The average Bonchev–Trinajstić information content (AvgIpc) is 2.47. The number of benzene rings is 1. The van der Waals surface area contributed by atoms with Gasteiger partial charge in [0.25, 0.3) is 0 Å². The first-order valence-electron chi connectivity index (χ1n) is 7.50. The Balaban J connectivity index is 1.76. The van der Waals surface area contributed by atoms with Gasteiger partial charge >= 0.3 is 0 Å². The first-order chi connectivity index (χ1) is 10.4. The highest BCUT2D eigenvalue weighted by Gasteiger charge is 2.24. The zero-order valence-corrected chi connectivity index (χ0v) is 13.7. The average molecular weight is 319 g/mol. The number of sulfonamides is 1. The number of hydrogen-bond donors (Lipinski definition) is 1. The van der Waals surface area contributed by atoms with Gasteiger partial charge in [-0.1, -0.05) is 11.6 Å². The fourth-order valence-corrected chi connectivity index (χ4v) is 3.81. The van der Waals surface area contributed by atoms with Crippen LogP contribution in [-0.2, 0) is 10.0 Å². The Bertz CT molecular complexity index is 781. The molecular weight excluding hydrogens is 298 g/mol. The molecule has 1 aliphatic rings. The lowest BCUT2D eigenvalue weighted by Gasteiger charge is -2.31. The molecule has 1 N–H and O–H groups in total. The minimum Gasteiger partial charge on any atom is -0.382 e. The predicted molar refractivity (Wildman–Crippen MR) is 89.5 cm³/mol. The maximum absolute atomic E-state index is 11.6. The minimum atomic E-state index is -3.07. The molecule has 1 aromatic carbocycles. The zero-order valence-electron chi connectivity index (χ0n) is 12.9. The summed E-state index contributed by atoms with van der Waals surface area (Å²) >= 11 is 0. The van der Waals surface area contributed by atoms with Gasteiger partial charge in [-0.15, -0.1) is 0 Å². The Morgan fingerprint density at radius 1 is 1.23 bits per heavy atom. The zero-order chi connectivity index (χ0) is 15.7. The van der Waals surface area contributed by atoms with Crippen molar-refractivity contribution in [1.82, 2.24) is 9.29 Å². The van der Waals surface area contributed by atoms with E-state index in [0.29, 0.717) is 19.1 Å². The summed E-state index contributed by atoms with van der Waals surface area (Å²) in [5, 5.41) is 4.68. The van der Waals surface area contributed by atoms with Crippen molar-refractivity contribution in [2.75, 3.05) is 24.7 Å². The molecule has 1 saturated heterocycles. The molecule has 0 spiro atoms. The number of piperidine rings is 1. The van der Waals surface area contributed by atoms with Gasteiger partial charge in [-0.05, 0) is 38.0 Å². The van der Waals surface area contributed by atoms with E-state index >= 15 is 0 Å². The van der Waals surface area contributed by atoms with Gasteiger partial charge in [0.05, 0.1) is 11.8 Å². The van der Waals surface area contributed by atoms with Crippen LogP contribution in [0.1, 0.15) is 18.4 Å². The van der Waals surface area contributed by atoms with Crippen molar-refractivity contribution in [2.45, 2.75) is 25.8 Å². The number of pyridine rings is 1. The third-order valence-corrected chi connectivity index (χ3v) is 5.48. The van der Waals surface area contributed by atoms with Crippen LogP contribution in [0, 0.1) is 6.92 Å². The monoisotopic (exact) mass is 319 g/mol. The Hall–Kier alpha value is -1.66. The smallest absolute Gasteiger partial charge is 0.211 e. The highest BCUT2D eigenvalue weighted by atomic mass is 32.2. The van der Waals surface area contributed by atoms with Gasteiger partial charge in [-0.2, -0.15) is 0 Å². The Labute approximate surface area is 131 Å². The van der Waals surface area contributed by atoms with Gasteiger partial charge in [0.2, 0.25) is 10.0 Å². The second-order valence-electron chi connectivity index (χ2n) is 5.96. The van der Waals surface area contributed by atoms with Crippen molar-refractivity contribution in [3.05, 3.63) is 36.0 Å². The van der Waals surface area contributed by atoms with Gasteiger partial charge in [-0.3, -0.25) is 4.98 Å². The Morgan fingerprint density at radius 3 is 2.64 bits per heavy atom. The lowest BCUT2D eigenvalue weighted by molar-refractivity contribution is 0.332. The van der Waals surface area contributed by atoms with Crippen LogP contribution in [0.5, 0.6) is 0 Å². The molecular formula is C16H21N3O2S. The topological polar surface area (TPSA) is 62.3 Å². The van der Waals surface area contributed by atoms with Crippen LogP contribution in [0.15, 0.2) is 30.5 Å². The molecule has 2 heterocycles. The molecule has 0 atom stereocenters. The van der Waals surface area contributed by atoms with E-state index in [2.05, 4.69) is 29.4 Å². The van der Waals surface area contributed by atoms with Gasteiger partial charge in [0, 0.05) is 36.4 Å². The summed E-state index contributed by atoms with van der Waals surface area (Å²) in [6.45, 7) is 3.23.